The first-order chi connectivity index (χ1) is 9.50. The van der Waals surface area contributed by atoms with Crippen LogP contribution < -0.4 is 0 Å². The summed E-state index contributed by atoms with van der Waals surface area (Å²) in [6.45, 7) is 6.11. The van der Waals surface area contributed by atoms with E-state index in [0.29, 0.717) is 66.1 Å². The fourth-order valence-electron chi connectivity index (χ4n) is 1.10. The summed E-state index contributed by atoms with van der Waals surface area (Å²) in [6.07, 6.45) is 0. The first kappa shape index (κ1) is 34.8. The summed E-state index contributed by atoms with van der Waals surface area (Å²) >= 11 is 0. The smallest absolute Gasteiger partial charge is 0.215 e. The molecular weight excluding hydrogens is 360 g/mol. The van der Waals surface area contributed by atoms with E-state index < -0.39 is 10.4 Å². The van der Waals surface area contributed by atoms with Gasteiger partial charge in [0.25, 0.3) is 0 Å². The number of hydrogen-bond acceptors (Lipinski definition) is 8. The third kappa shape index (κ3) is 43.0. The predicted octanol–water partition coefficient (Wildman–Crippen LogP) is -4.31. The van der Waals surface area contributed by atoms with Gasteiger partial charge in [-0.25, -0.2) is 8.42 Å². The molecule has 1 aliphatic rings. The molecule has 10 N–H and O–H groups in total. The monoisotopic (exact) mass is 390 g/mol. The van der Waals surface area contributed by atoms with Gasteiger partial charge in [-0.1, -0.05) is 0 Å². The fraction of sp³-hybridized carbons (Fsp3) is 1.00. The highest BCUT2D eigenvalue weighted by Crippen LogP contribution is 1.86. The summed E-state index contributed by atoms with van der Waals surface area (Å²) in [7, 11) is -4.92. The summed E-state index contributed by atoms with van der Waals surface area (Å²) < 4.78 is 59.2. The second-order valence-corrected chi connectivity index (χ2v) is 4.35. The fourth-order valence-corrected chi connectivity index (χ4v) is 1.10. The standard InChI is InChI=1S/C10H20O5.H2O4S.4H2O/c1-2-12-5-6-14-9-10-15-8-7-13-4-3-11-1;1-5(2,3)4;;;;/h1-10H2;(H2,1,2,3,4);4*1H2. The maximum absolute atomic E-state index is 8.63. The molecule has 0 amide bonds. The predicted molar refractivity (Wildman–Crippen MR) is 82.1 cm³/mol. The molecule has 0 radical (unpaired) electrons. The summed E-state index contributed by atoms with van der Waals surface area (Å²) in [5, 5.41) is 0. The van der Waals surface area contributed by atoms with Crippen molar-refractivity contribution in [3.63, 3.8) is 0 Å². The van der Waals surface area contributed by atoms with Crippen LogP contribution in [0.4, 0.5) is 0 Å². The molecule has 0 spiro atoms. The van der Waals surface area contributed by atoms with Crippen molar-refractivity contribution in [3.05, 3.63) is 0 Å². The average molecular weight is 390 g/mol. The first-order valence-electron chi connectivity index (χ1n) is 6.07. The minimum atomic E-state index is -4.92. The van der Waals surface area contributed by atoms with Gasteiger partial charge in [0.15, 0.2) is 0 Å². The minimum Gasteiger partial charge on any atom is -0.726 e. The molecule has 0 aromatic carbocycles. The second-order valence-electron chi connectivity index (χ2n) is 3.49. The van der Waals surface area contributed by atoms with Crippen LogP contribution in [0.1, 0.15) is 0 Å². The van der Waals surface area contributed by atoms with Crippen LogP contribution in [-0.4, -0.2) is 100 Å². The van der Waals surface area contributed by atoms with E-state index in [4.69, 9.17) is 41.2 Å². The van der Waals surface area contributed by atoms with Crippen molar-refractivity contribution in [2.24, 2.45) is 0 Å². The SMILES string of the molecule is C1COCCOCCOCCOCCO1.O.O.O.O=S(=O)([O-])O.[OH3+]. The van der Waals surface area contributed by atoms with Crippen molar-refractivity contribution in [2.75, 3.05) is 66.1 Å². The molecule has 0 saturated carbocycles. The van der Waals surface area contributed by atoms with Crippen LogP contribution in [0, 0.1) is 0 Å². The minimum absolute atomic E-state index is 0. The summed E-state index contributed by atoms with van der Waals surface area (Å²) in [6, 6.07) is 0. The van der Waals surface area contributed by atoms with Crippen LogP contribution in [0.15, 0.2) is 0 Å². The lowest BCUT2D eigenvalue weighted by Crippen LogP contribution is -2.12. The van der Waals surface area contributed by atoms with Crippen LogP contribution in [-0.2, 0) is 39.6 Å². The maximum atomic E-state index is 8.63. The highest BCUT2D eigenvalue weighted by Gasteiger charge is 1.95. The molecule has 1 heterocycles. The first-order valence-corrected chi connectivity index (χ1v) is 7.43. The normalized spacial score (nSPS) is 17.4. The van der Waals surface area contributed by atoms with Crippen LogP contribution in [0.3, 0.4) is 0 Å². The molecule has 0 aromatic heterocycles. The van der Waals surface area contributed by atoms with Gasteiger partial charge in [0.2, 0.25) is 10.4 Å². The molecule has 14 heteroatoms. The van der Waals surface area contributed by atoms with Crippen LogP contribution in [0.5, 0.6) is 0 Å². The molecule has 0 atom stereocenters. The molecule has 13 nitrogen and oxygen atoms in total. The van der Waals surface area contributed by atoms with Gasteiger partial charge in [-0.2, -0.15) is 0 Å². The maximum Gasteiger partial charge on any atom is 0.215 e. The Bertz CT molecular complexity index is 231. The van der Waals surface area contributed by atoms with E-state index in [2.05, 4.69) is 0 Å². The highest BCUT2D eigenvalue weighted by atomic mass is 32.3. The molecule has 0 aromatic rings. The number of rotatable bonds is 0. The number of hydrogen-bond donors (Lipinski definition) is 1. The van der Waals surface area contributed by atoms with Gasteiger partial charge in [-0.15, -0.1) is 0 Å². The molecule has 0 bridgehead atoms. The Labute approximate surface area is 140 Å². The van der Waals surface area contributed by atoms with E-state index in [-0.39, 0.29) is 21.9 Å². The van der Waals surface area contributed by atoms with E-state index in [0.717, 1.165) is 0 Å². The van der Waals surface area contributed by atoms with Crippen molar-refractivity contribution in [2.45, 2.75) is 0 Å². The molecule has 24 heavy (non-hydrogen) atoms. The Balaban J connectivity index is -0.000000119. The van der Waals surface area contributed by atoms with E-state index >= 15 is 0 Å². The summed E-state index contributed by atoms with van der Waals surface area (Å²) in [4.78, 5) is 0. The molecule has 0 aliphatic carbocycles. The van der Waals surface area contributed by atoms with Gasteiger partial charge >= 0.3 is 0 Å². The Morgan fingerprint density at radius 3 is 0.750 bits per heavy atom. The molecule has 0 unspecified atom stereocenters. The lowest BCUT2D eigenvalue weighted by molar-refractivity contribution is 0.00206. The Kier molecular flexibility index (Phi) is 35.9. The Hall–Kier alpha value is -0.490. The Morgan fingerprint density at radius 1 is 0.583 bits per heavy atom. The van der Waals surface area contributed by atoms with Crippen LogP contribution in [0.25, 0.3) is 0 Å². The van der Waals surface area contributed by atoms with Crippen LogP contribution >= 0.6 is 0 Å². The molecule has 1 aliphatic heterocycles. The third-order valence-electron chi connectivity index (χ3n) is 1.86. The topological polar surface area (TPSA) is 251 Å². The zero-order valence-corrected chi connectivity index (χ0v) is 14.1. The van der Waals surface area contributed by atoms with Crippen molar-refractivity contribution >= 4 is 10.4 Å². The largest absolute Gasteiger partial charge is 0.726 e. The molecular formula is C10H30O13S. The molecule has 1 fully saturated rings. The lowest BCUT2D eigenvalue weighted by Gasteiger charge is -2.05. The quantitative estimate of drug-likeness (QED) is 0.238. The van der Waals surface area contributed by atoms with Crippen molar-refractivity contribution in [3.8, 4) is 0 Å². The number of ether oxygens (including phenoxy) is 5. The van der Waals surface area contributed by atoms with Gasteiger partial charge < -0.3 is 50.1 Å². The van der Waals surface area contributed by atoms with Crippen molar-refractivity contribution in [1.82, 2.24) is 0 Å². The van der Waals surface area contributed by atoms with E-state index in [1.165, 1.54) is 0 Å². The van der Waals surface area contributed by atoms with E-state index in [1.807, 2.05) is 0 Å². The average Bonchev–Trinajstić information content (AvgIpc) is 2.35. The summed E-state index contributed by atoms with van der Waals surface area (Å²) in [5.74, 6) is 0. The van der Waals surface area contributed by atoms with Crippen molar-refractivity contribution in [1.29, 1.82) is 0 Å². The zero-order chi connectivity index (χ0) is 15.1. The molecule has 154 valence electrons. The van der Waals surface area contributed by atoms with Crippen molar-refractivity contribution < 1.29 is 63.1 Å². The molecule has 1 rings (SSSR count). The van der Waals surface area contributed by atoms with E-state index in [9.17, 15) is 0 Å². The third-order valence-corrected chi connectivity index (χ3v) is 1.86. The van der Waals surface area contributed by atoms with E-state index in [1.54, 1.807) is 0 Å². The Morgan fingerprint density at radius 2 is 0.667 bits per heavy atom. The van der Waals surface area contributed by atoms with Gasteiger partial charge in [0.1, 0.15) is 0 Å². The lowest BCUT2D eigenvalue weighted by atomic mass is 10.7. The van der Waals surface area contributed by atoms with Gasteiger partial charge in [0.05, 0.1) is 66.1 Å². The zero-order valence-electron chi connectivity index (χ0n) is 13.3. The van der Waals surface area contributed by atoms with Crippen LogP contribution in [0.2, 0.25) is 0 Å². The summed E-state index contributed by atoms with van der Waals surface area (Å²) in [5.41, 5.74) is 0. The van der Waals surface area contributed by atoms with Gasteiger partial charge in [0, 0.05) is 0 Å². The molecule has 1 saturated heterocycles. The second kappa shape index (κ2) is 24.8. The van der Waals surface area contributed by atoms with Gasteiger partial charge in [-0.3, -0.25) is 4.55 Å². The highest BCUT2D eigenvalue weighted by molar-refractivity contribution is 7.79. The van der Waals surface area contributed by atoms with Gasteiger partial charge in [-0.05, 0) is 0 Å².